The number of nitrogens with one attached hydrogen (secondary N) is 1. The minimum absolute atomic E-state index is 0. The van der Waals surface area contributed by atoms with Gasteiger partial charge < -0.3 is 19.4 Å². The van der Waals surface area contributed by atoms with Crippen molar-refractivity contribution in [2.75, 3.05) is 19.6 Å². The molecule has 1 fully saturated rings. The topological polar surface area (TPSA) is 63.3 Å². The van der Waals surface area contributed by atoms with Crippen molar-refractivity contribution in [3.8, 4) is 0 Å². The molecule has 1 N–H and O–H groups in total. The average Bonchev–Trinajstić information content (AvgIpc) is 3.44. The van der Waals surface area contributed by atoms with Crippen molar-refractivity contribution in [2.24, 2.45) is 10.9 Å². The molecular formula is C24H34IN7. The van der Waals surface area contributed by atoms with E-state index < -0.39 is 0 Å². The first-order valence-corrected chi connectivity index (χ1v) is 11.2. The molecule has 0 radical (unpaired) electrons. The van der Waals surface area contributed by atoms with Crippen LogP contribution in [0.2, 0.25) is 0 Å². The second kappa shape index (κ2) is 11.5. The van der Waals surface area contributed by atoms with Crippen molar-refractivity contribution < 1.29 is 0 Å². The highest BCUT2D eigenvalue weighted by atomic mass is 127. The van der Waals surface area contributed by atoms with E-state index in [4.69, 9.17) is 4.99 Å². The van der Waals surface area contributed by atoms with Crippen LogP contribution in [0, 0.1) is 12.8 Å². The largest absolute Gasteiger partial charge is 0.357 e. The second-order valence-electron chi connectivity index (χ2n) is 8.38. The van der Waals surface area contributed by atoms with Gasteiger partial charge in [0.1, 0.15) is 5.82 Å². The third kappa shape index (κ3) is 5.90. The number of aryl methyl sites for hydroxylation is 1. The first-order valence-electron chi connectivity index (χ1n) is 11.2. The van der Waals surface area contributed by atoms with Gasteiger partial charge in [0.25, 0.3) is 0 Å². The van der Waals surface area contributed by atoms with Gasteiger partial charge in [-0.05, 0) is 37.3 Å². The molecule has 0 amide bonds. The zero-order valence-corrected chi connectivity index (χ0v) is 21.5. The molecule has 3 aromatic rings. The highest BCUT2D eigenvalue weighted by Gasteiger charge is 2.28. The molecule has 0 aliphatic carbocycles. The monoisotopic (exact) mass is 547 g/mol. The number of hydrogen-bond acceptors (Lipinski definition) is 3. The fraction of sp³-hybridized carbons (Fsp3) is 0.458. The molecule has 2 unspecified atom stereocenters. The molecule has 8 heteroatoms. The van der Waals surface area contributed by atoms with Crippen LogP contribution < -0.4 is 5.32 Å². The summed E-state index contributed by atoms with van der Waals surface area (Å²) in [4.78, 5) is 16.0. The number of aliphatic imine (C=N–C) groups is 1. The highest BCUT2D eigenvalue weighted by molar-refractivity contribution is 14.0. The number of piperidine rings is 1. The average molecular weight is 547 g/mol. The van der Waals surface area contributed by atoms with Gasteiger partial charge >= 0.3 is 0 Å². The van der Waals surface area contributed by atoms with Crippen LogP contribution in [-0.4, -0.2) is 49.6 Å². The Labute approximate surface area is 208 Å². The van der Waals surface area contributed by atoms with Gasteiger partial charge in [-0.15, -0.1) is 24.0 Å². The Morgan fingerprint density at radius 1 is 1.22 bits per heavy atom. The van der Waals surface area contributed by atoms with Crippen LogP contribution in [-0.2, 0) is 13.1 Å². The Morgan fingerprint density at radius 3 is 2.78 bits per heavy atom. The summed E-state index contributed by atoms with van der Waals surface area (Å²) in [6.45, 7) is 10.8. The molecule has 1 aliphatic heterocycles. The maximum absolute atomic E-state index is 4.99. The quantitative estimate of drug-likeness (QED) is 0.287. The smallest absolute Gasteiger partial charge is 0.194 e. The van der Waals surface area contributed by atoms with Crippen molar-refractivity contribution in [2.45, 2.75) is 46.3 Å². The van der Waals surface area contributed by atoms with Gasteiger partial charge in [-0.1, -0.05) is 31.2 Å². The van der Waals surface area contributed by atoms with Crippen LogP contribution in [0.1, 0.15) is 43.3 Å². The van der Waals surface area contributed by atoms with Gasteiger partial charge in [0.2, 0.25) is 0 Å². The zero-order chi connectivity index (χ0) is 21.6. The van der Waals surface area contributed by atoms with Gasteiger partial charge in [-0.25, -0.2) is 15.0 Å². The number of benzene rings is 1. The molecule has 1 aromatic carbocycles. The number of likely N-dealkylation sites (tertiary alicyclic amines) is 1. The summed E-state index contributed by atoms with van der Waals surface area (Å²) in [6.07, 6.45) is 10.9. The molecule has 0 spiro atoms. The fourth-order valence-electron chi connectivity index (χ4n) is 4.28. The molecule has 2 aromatic heterocycles. The maximum atomic E-state index is 4.99. The van der Waals surface area contributed by atoms with Crippen LogP contribution in [0.25, 0.3) is 0 Å². The van der Waals surface area contributed by atoms with Crippen molar-refractivity contribution in [1.29, 1.82) is 0 Å². The Balaban J connectivity index is 0.00000289. The van der Waals surface area contributed by atoms with E-state index in [0.29, 0.717) is 18.5 Å². The molecular weight excluding hydrogens is 513 g/mol. The number of hydrogen-bond donors (Lipinski definition) is 1. The zero-order valence-electron chi connectivity index (χ0n) is 19.2. The highest BCUT2D eigenvalue weighted by Crippen LogP contribution is 2.27. The minimum Gasteiger partial charge on any atom is -0.357 e. The van der Waals surface area contributed by atoms with Gasteiger partial charge in [0, 0.05) is 51.0 Å². The third-order valence-corrected chi connectivity index (χ3v) is 6.14. The van der Waals surface area contributed by atoms with Crippen molar-refractivity contribution in [1.82, 2.24) is 29.3 Å². The lowest BCUT2D eigenvalue weighted by Gasteiger charge is -2.39. The van der Waals surface area contributed by atoms with E-state index in [1.165, 1.54) is 11.1 Å². The summed E-state index contributed by atoms with van der Waals surface area (Å²) in [7, 11) is 0. The van der Waals surface area contributed by atoms with Gasteiger partial charge in [0.15, 0.2) is 5.96 Å². The second-order valence-corrected chi connectivity index (χ2v) is 8.38. The van der Waals surface area contributed by atoms with E-state index in [1.807, 2.05) is 31.8 Å². The Kier molecular flexibility index (Phi) is 8.72. The molecule has 0 bridgehead atoms. The summed E-state index contributed by atoms with van der Waals surface area (Å²) >= 11 is 0. The fourth-order valence-corrected chi connectivity index (χ4v) is 4.28. The lowest BCUT2D eigenvalue weighted by molar-refractivity contribution is 0.189. The van der Waals surface area contributed by atoms with E-state index in [2.05, 4.69) is 73.6 Å². The number of imidazole rings is 2. The minimum atomic E-state index is 0. The normalized spacial score (nSPS) is 19.0. The van der Waals surface area contributed by atoms with Crippen LogP contribution in [0.4, 0.5) is 0 Å². The number of rotatable bonds is 6. The van der Waals surface area contributed by atoms with Crippen molar-refractivity contribution in [3.63, 3.8) is 0 Å². The number of aromatic nitrogens is 4. The maximum Gasteiger partial charge on any atom is 0.194 e. The van der Waals surface area contributed by atoms with Crippen LogP contribution in [0.5, 0.6) is 0 Å². The lowest BCUT2D eigenvalue weighted by Crippen LogP contribution is -2.49. The van der Waals surface area contributed by atoms with Crippen LogP contribution in [0.3, 0.4) is 0 Å². The van der Waals surface area contributed by atoms with Crippen LogP contribution >= 0.6 is 24.0 Å². The predicted octanol–water partition coefficient (Wildman–Crippen LogP) is 4.10. The first kappa shape index (κ1) is 24.3. The molecule has 0 saturated carbocycles. The van der Waals surface area contributed by atoms with Gasteiger partial charge in [0.05, 0.1) is 18.9 Å². The standard InChI is InChI=1S/C24H33N7.HI/c1-4-26-24(30-11-8-19(2)23(17-30)31-12-9-25-18-31)28-15-21-6-5-7-22(14-21)16-29-13-10-27-20(29)3;/h5-7,9-10,12-14,18-19,23H,4,8,11,15-17H2,1-3H3,(H,26,28);1H. The summed E-state index contributed by atoms with van der Waals surface area (Å²) in [6, 6.07) is 9.11. The van der Waals surface area contributed by atoms with Gasteiger partial charge in [-0.3, -0.25) is 0 Å². The molecule has 32 heavy (non-hydrogen) atoms. The molecule has 2 atom stereocenters. The van der Waals surface area contributed by atoms with E-state index in [9.17, 15) is 0 Å². The summed E-state index contributed by atoms with van der Waals surface area (Å²) < 4.78 is 4.40. The molecule has 4 rings (SSSR count). The Morgan fingerprint density at radius 2 is 2.06 bits per heavy atom. The lowest BCUT2D eigenvalue weighted by atomic mass is 9.93. The van der Waals surface area contributed by atoms with Crippen molar-refractivity contribution in [3.05, 3.63) is 72.3 Å². The molecule has 1 aliphatic rings. The van der Waals surface area contributed by atoms with Crippen molar-refractivity contribution >= 4 is 29.9 Å². The molecule has 3 heterocycles. The Hall–Kier alpha value is -2.36. The van der Waals surface area contributed by atoms with E-state index in [1.54, 1.807) is 0 Å². The summed E-state index contributed by atoms with van der Waals surface area (Å²) in [5, 5.41) is 3.50. The van der Waals surface area contributed by atoms with E-state index >= 15 is 0 Å². The number of halogens is 1. The number of guanidine groups is 1. The third-order valence-electron chi connectivity index (χ3n) is 6.14. The molecule has 7 nitrogen and oxygen atoms in total. The van der Waals surface area contributed by atoms with Gasteiger partial charge in [-0.2, -0.15) is 0 Å². The molecule has 1 saturated heterocycles. The SMILES string of the molecule is CCNC(=NCc1cccc(Cn2ccnc2C)c1)N1CCC(C)C(n2ccnc2)C1.I. The van der Waals surface area contributed by atoms with Crippen LogP contribution in [0.15, 0.2) is 60.4 Å². The molecule has 172 valence electrons. The first-order chi connectivity index (χ1) is 15.1. The van der Waals surface area contributed by atoms with E-state index in [-0.39, 0.29) is 24.0 Å². The summed E-state index contributed by atoms with van der Waals surface area (Å²) in [5.74, 6) is 2.65. The Bertz CT molecular complexity index is 995. The predicted molar refractivity (Wildman–Crippen MR) is 139 cm³/mol. The number of nitrogens with zero attached hydrogens (tertiary/aromatic N) is 6. The van der Waals surface area contributed by atoms with E-state index in [0.717, 1.165) is 44.4 Å². The summed E-state index contributed by atoms with van der Waals surface area (Å²) in [5.41, 5.74) is 2.49.